The fourth-order valence-electron chi connectivity index (χ4n) is 1.94. The van der Waals surface area contributed by atoms with Gasteiger partial charge in [0.2, 0.25) is 0 Å². The fraction of sp³-hybridized carbons (Fsp3) is 0.562. The Kier molecular flexibility index (Phi) is 8.94. The molecule has 0 aliphatic carbocycles. The second kappa shape index (κ2) is 10.5. The van der Waals surface area contributed by atoms with Gasteiger partial charge >= 0.3 is 0 Å². The normalized spacial score (nSPS) is 11.5. The molecule has 0 bridgehead atoms. The van der Waals surface area contributed by atoms with Crippen LogP contribution in [0.25, 0.3) is 0 Å². The van der Waals surface area contributed by atoms with E-state index in [1.807, 2.05) is 0 Å². The van der Waals surface area contributed by atoms with Crippen molar-refractivity contribution >= 4 is 17.7 Å². The molecular formula is C16H27N3OS. The van der Waals surface area contributed by atoms with Crippen molar-refractivity contribution in [2.75, 3.05) is 40.1 Å². The van der Waals surface area contributed by atoms with Crippen LogP contribution in [0.2, 0.25) is 0 Å². The molecule has 0 fully saturated rings. The predicted octanol–water partition coefficient (Wildman–Crippen LogP) is 2.84. The van der Waals surface area contributed by atoms with Crippen molar-refractivity contribution in [3.63, 3.8) is 0 Å². The van der Waals surface area contributed by atoms with E-state index >= 15 is 0 Å². The first-order valence-corrected chi connectivity index (χ1v) is 8.55. The van der Waals surface area contributed by atoms with E-state index in [9.17, 15) is 0 Å². The molecule has 0 radical (unpaired) electrons. The van der Waals surface area contributed by atoms with Crippen molar-refractivity contribution in [3.05, 3.63) is 29.8 Å². The molecular weight excluding hydrogens is 282 g/mol. The van der Waals surface area contributed by atoms with Gasteiger partial charge < -0.3 is 15.0 Å². The third kappa shape index (κ3) is 6.87. The highest BCUT2D eigenvalue weighted by Gasteiger charge is 2.06. The van der Waals surface area contributed by atoms with Gasteiger partial charge in [-0.25, -0.2) is 0 Å². The van der Waals surface area contributed by atoms with Gasteiger partial charge in [-0.3, -0.25) is 4.99 Å². The lowest BCUT2D eigenvalue weighted by atomic mass is 10.2. The molecule has 1 N–H and O–H groups in total. The number of ether oxygens (including phenoxy) is 1. The summed E-state index contributed by atoms with van der Waals surface area (Å²) in [5.74, 6) is 0.947. The van der Waals surface area contributed by atoms with E-state index in [0.717, 1.165) is 38.6 Å². The van der Waals surface area contributed by atoms with E-state index in [1.165, 1.54) is 10.5 Å². The summed E-state index contributed by atoms with van der Waals surface area (Å²) < 4.78 is 5.06. The van der Waals surface area contributed by atoms with Crippen LogP contribution in [0.4, 0.5) is 0 Å². The number of rotatable bonds is 8. The van der Waals surface area contributed by atoms with Gasteiger partial charge in [0.25, 0.3) is 0 Å². The number of thioether (sulfide) groups is 1. The van der Waals surface area contributed by atoms with Gasteiger partial charge in [-0.05, 0) is 37.3 Å². The summed E-state index contributed by atoms with van der Waals surface area (Å²) in [6.45, 7) is 5.35. The van der Waals surface area contributed by atoms with Gasteiger partial charge in [0.05, 0.1) is 0 Å². The highest BCUT2D eigenvalue weighted by atomic mass is 32.2. The standard InChI is InChI=1S/C16H27N3OS/c1-5-17-16(18-11-6-12-20-3)19(2)13-14-7-9-15(21-4)10-8-14/h7-10H,5-6,11-13H2,1-4H3,(H,17,18). The lowest BCUT2D eigenvalue weighted by Gasteiger charge is -2.22. The molecule has 0 aliphatic rings. The highest BCUT2D eigenvalue weighted by molar-refractivity contribution is 7.98. The molecule has 0 spiro atoms. The lowest BCUT2D eigenvalue weighted by Crippen LogP contribution is -2.38. The number of benzene rings is 1. The molecule has 4 nitrogen and oxygen atoms in total. The lowest BCUT2D eigenvalue weighted by molar-refractivity contribution is 0.197. The smallest absolute Gasteiger partial charge is 0.193 e. The molecule has 0 saturated carbocycles. The Morgan fingerprint density at radius 2 is 2.05 bits per heavy atom. The third-order valence-electron chi connectivity index (χ3n) is 3.04. The average molecular weight is 309 g/mol. The van der Waals surface area contributed by atoms with Crippen LogP contribution in [-0.4, -0.2) is 51.0 Å². The van der Waals surface area contributed by atoms with Crippen molar-refractivity contribution in [2.45, 2.75) is 24.8 Å². The second-order valence-electron chi connectivity index (χ2n) is 4.79. The first kappa shape index (κ1) is 17.9. The summed E-state index contributed by atoms with van der Waals surface area (Å²) in [6.07, 6.45) is 3.04. The molecule has 0 aliphatic heterocycles. The first-order chi connectivity index (χ1) is 10.2. The van der Waals surface area contributed by atoms with Crippen LogP contribution >= 0.6 is 11.8 Å². The number of nitrogens with one attached hydrogen (secondary N) is 1. The van der Waals surface area contributed by atoms with Gasteiger partial charge in [0.15, 0.2) is 5.96 Å². The average Bonchev–Trinajstić information content (AvgIpc) is 2.51. The molecule has 1 rings (SSSR count). The molecule has 0 unspecified atom stereocenters. The van der Waals surface area contributed by atoms with Gasteiger partial charge in [-0.2, -0.15) is 0 Å². The van der Waals surface area contributed by atoms with E-state index in [1.54, 1.807) is 18.9 Å². The van der Waals surface area contributed by atoms with Crippen LogP contribution in [0.3, 0.4) is 0 Å². The molecule has 21 heavy (non-hydrogen) atoms. The van der Waals surface area contributed by atoms with Crippen molar-refractivity contribution in [3.8, 4) is 0 Å². The Labute approximate surface area is 133 Å². The molecule has 0 heterocycles. The second-order valence-corrected chi connectivity index (χ2v) is 5.67. The van der Waals surface area contributed by atoms with Gasteiger partial charge in [-0.1, -0.05) is 12.1 Å². The van der Waals surface area contributed by atoms with Crippen LogP contribution in [0.1, 0.15) is 18.9 Å². The maximum Gasteiger partial charge on any atom is 0.193 e. The first-order valence-electron chi connectivity index (χ1n) is 7.32. The zero-order valence-electron chi connectivity index (χ0n) is 13.6. The summed E-state index contributed by atoms with van der Waals surface area (Å²) in [5, 5.41) is 3.33. The molecule has 1 aromatic rings. The Morgan fingerprint density at radius 1 is 1.33 bits per heavy atom. The zero-order chi connectivity index (χ0) is 15.5. The molecule has 0 amide bonds. The van der Waals surface area contributed by atoms with Crippen LogP contribution in [0, 0.1) is 0 Å². The number of hydrogen-bond acceptors (Lipinski definition) is 3. The Bertz CT molecular complexity index is 420. The predicted molar refractivity (Wildman–Crippen MR) is 92.2 cm³/mol. The Morgan fingerprint density at radius 3 is 2.62 bits per heavy atom. The van der Waals surface area contributed by atoms with E-state index < -0.39 is 0 Å². The summed E-state index contributed by atoms with van der Waals surface area (Å²) in [5.41, 5.74) is 1.29. The van der Waals surface area contributed by atoms with E-state index in [2.05, 4.69) is 59.7 Å². The number of hydrogen-bond donors (Lipinski definition) is 1. The van der Waals surface area contributed by atoms with Crippen molar-refractivity contribution in [1.82, 2.24) is 10.2 Å². The summed E-state index contributed by atoms with van der Waals surface area (Å²) >= 11 is 1.77. The SMILES string of the molecule is CCNC(=NCCCOC)N(C)Cc1ccc(SC)cc1. The number of nitrogens with zero attached hydrogens (tertiary/aromatic N) is 2. The minimum atomic E-state index is 0.753. The topological polar surface area (TPSA) is 36.9 Å². The number of methoxy groups -OCH3 is 1. The molecule has 1 aromatic carbocycles. The van der Waals surface area contributed by atoms with Crippen molar-refractivity contribution in [2.24, 2.45) is 4.99 Å². The van der Waals surface area contributed by atoms with Crippen molar-refractivity contribution in [1.29, 1.82) is 0 Å². The van der Waals surface area contributed by atoms with Crippen LogP contribution in [-0.2, 0) is 11.3 Å². The van der Waals surface area contributed by atoms with E-state index in [0.29, 0.717) is 0 Å². The van der Waals surface area contributed by atoms with Crippen LogP contribution in [0.5, 0.6) is 0 Å². The number of aliphatic imine (C=N–C) groups is 1. The summed E-state index contributed by atoms with van der Waals surface area (Å²) in [7, 11) is 3.79. The fourth-order valence-corrected chi connectivity index (χ4v) is 2.35. The Hall–Kier alpha value is -1.20. The largest absolute Gasteiger partial charge is 0.385 e. The summed E-state index contributed by atoms with van der Waals surface area (Å²) in [4.78, 5) is 8.08. The maximum absolute atomic E-state index is 5.06. The third-order valence-corrected chi connectivity index (χ3v) is 3.79. The Balaban J connectivity index is 2.59. The molecule has 0 atom stereocenters. The van der Waals surface area contributed by atoms with Crippen molar-refractivity contribution < 1.29 is 4.74 Å². The maximum atomic E-state index is 5.06. The molecule has 0 aromatic heterocycles. The van der Waals surface area contributed by atoms with Gasteiger partial charge in [-0.15, -0.1) is 11.8 Å². The van der Waals surface area contributed by atoms with E-state index in [4.69, 9.17) is 4.74 Å². The van der Waals surface area contributed by atoms with Gasteiger partial charge in [0, 0.05) is 45.3 Å². The van der Waals surface area contributed by atoms with Gasteiger partial charge in [0.1, 0.15) is 0 Å². The quantitative estimate of drug-likeness (QED) is 0.347. The molecule has 118 valence electrons. The van der Waals surface area contributed by atoms with E-state index in [-0.39, 0.29) is 0 Å². The minimum Gasteiger partial charge on any atom is -0.385 e. The molecule has 5 heteroatoms. The zero-order valence-corrected chi connectivity index (χ0v) is 14.4. The minimum absolute atomic E-state index is 0.753. The van der Waals surface area contributed by atoms with Crippen LogP contribution in [0.15, 0.2) is 34.2 Å². The monoisotopic (exact) mass is 309 g/mol. The number of guanidine groups is 1. The highest BCUT2D eigenvalue weighted by Crippen LogP contribution is 2.15. The van der Waals surface area contributed by atoms with Crippen LogP contribution < -0.4 is 5.32 Å². The molecule has 0 saturated heterocycles. The summed E-state index contributed by atoms with van der Waals surface area (Å²) in [6, 6.07) is 8.68.